The minimum absolute atomic E-state index is 0.0818. The molecule has 2 rings (SSSR count). The number of nitrogens with one attached hydrogen (secondary N) is 1. The molecule has 0 spiro atoms. The molecule has 1 aliphatic carbocycles. The summed E-state index contributed by atoms with van der Waals surface area (Å²) in [6.07, 6.45) is 10.6. The second kappa shape index (κ2) is 16.4. The van der Waals surface area contributed by atoms with Crippen LogP contribution >= 0.6 is 11.6 Å². The number of nitrogens with zero attached hydrogens (tertiary/aromatic N) is 1. The number of aliphatic imine (C=N–C) groups is 1. The Morgan fingerprint density at radius 1 is 1.25 bits per heavy atom. The number of unbranched alkanes of at least 4 members (excludes halogenated alkanes) is 1. The zero-order valence-electron chi connectivity index (χ0n) is 26.5. The average molecular weight is 632 g/mol. The summed E-state index contributed by atoms with van der Waals surface area (Å²) in [5, 5.41) is 23.2. The lowest BCUT2D eigenvalue weighted by Crippen LogP contribution is -2.40. The van der Waals surface area contributed by atoms with Crippen molar-refractivity contribution in [2.45, 2.75) is 86.1 Å². The molecule has 44 heavy (non-hydrogen) atoms. The maximum atomic E-state index is 12.4. The van der Waals surface area contributed by atoms with E-state index >= 15 is 0 Å². The van der Waals surface area contributed by atoms with Crippen molar-refractivity contribution in [1.82, 2.24) is 5.32 Å². The van der Waals surface area contributed by atoms with Crippen LogP contribution < -0.4 is 15.8 Å². The van der Waals surface area contributed by atoms with Gasteiger partial charge < -0.3 is 26.0 Å². The number of phenolic OH excluding ortho intramolecular Hbond substituents is 1. The first-order chi connectivity index (χ1) is 20.6. The number of carboxylic acid groups (broad SMARTS) is 1. The van der Waals surface area contributed by atoms with Crippen molar-refractivity contribution in [2.24, 2.45) is 28.0 Å². The predicted octanol–water partition coefficient (Wildman–Crippen LogP) is 5.08. The molecule has 0 radical (unpaired) electrons. The molecule has 2 amide bonds. The molecule has 10 nitrogen and oxygen atoms in total. The lowest BCUT2D eigenvalue weighted by atomic mass is 9.61. The van der Waals surface area contributed by atoms with Crippen LogP contribution in [0.1, 0.15) is 83.4 Å². The Morgan fingerprint density at radius 2 is 1.93 bits per heavy atom. The molecule has 242 valence electrons. The van der Waals surface area contributed by atoms with Gasteiger partial charge in [-0.2, -0.15) is 0 Å². The van der Waals surface area contributed by atoms with Gasteiger partial charge in [-0.1, -0.05) is 56.2 Å². The molecule has 11 heteroatoms. The molecule has 1 aromatic rings. The summed E-state index contributed by atoms with van der Waals surface area (Å²) in [7, 11) is 0. The van der Waals surface area contributed by atoms with Crippen molar-refractivity contribution in [1.29, 1.82) is 0 Å². The molecule has 1 aliphatic rings. The van der Waals surface area contributed by atoms with Gasteiger partial charge in [-0.15, -0.1) is 0 Å². The number of Topliss-reactive ketones (excluding diaryl/α,β-unsaturated/α-hetero) is 1. The fourth-order valence-electron chi connectivity index (χ4n) is 5.33. The van der Waals surface area contributed by atoms with E-state index in [4.69, 9.17) is 22.1 Å². The molecule has 0 aliphatic heterocycles. The molecule has 0 bridgehead atoms. The number of carbonyl (C=O) groups excluding carboxylic acids is 3. The van der Waals surface area contributed by atoms with Crippen LogP contribution in [0, 0.1) is 24.2 Å². The van der Waals surface area contributed by atoms with Crippen molar-refractivity contribution in [3.05, 3.63) is 45.5 Å². The van der Waals surface area contributed by atoms with Crippen molar-refractivity contribution in [2.75, 3.05) is 13.2 Å². The van der Waals surface area contributed by atoms with E-state index in [0.717, 1.165) is 12.0 Å². The summed E-state index contributed by atoms with van der Waals surface area (Å²) in [4.78, 5) is 50.8. The Bertz CT molecular complexity index is 1340. The van der Waals surface area contributed by atoms with E-state index in [1.807, 2.05) is 26.0 Å². The number of ketones is 1. The molecule has 0 heterocycles. The SMILES string of the molecule is CC(=O)N[C@H](CCCCN=Cc1c(C)c(Cl)c(OCC(N)=O)c(C/C=C(C)/C=C/[C@@]2(C)[C@H](C)CCC(=O)[C@@H]2C)c1O)C(=O)O. The van der Waals surface area contributed by atoms with Gasteiger partial charge in [0.1, 0.15) is 23.3 Å². The summed E-state index contributed by atoms with van der Waals surface area (Å²) in [5.41, 5.74) is 7.22. The molecular formula is C33H46ClN3O7. The monoisotopic (exact) mass is 631 g/mol. The molecule has 5 N–H and O–H groups in total. The Kier molecular flexibility index (Phi) is 13.6. The summed E-state index contributed by atoms with van der Waals surface area (Å²) in [6, 6.07) is -0.955. The summed E-state index contributed by atoms with van der Waals surface area (Å²) in [5.74, 6) is -1.57. The van der Waals surface area contributed by atoms with Crippen LogP contribution in [0.4, 0.5) is 0 Å². The number of phenols is 1. The molecule has 0 saturated heterocycles. The second-order valence-electron chi connectivity index (χ2n) is 11.9. The van der Waals surface area contributed by atoms with Crippen LogP contribution in [-0.4, -0.2) is 59.2 Å². The zero-order valence-corrected chi connectivity index (χ0v) is 27.3. The number of nitrogens with two attached hydrogens (primary N) is 1. The number of carbonyl (C=O) groups is 4. The van der Waals surface area contributed by atoms with Crippen LogP contribution in [0.15, 0.2) is 28.8 Å². The van der Waals surface area contributed by atoms with Gasteiger partial charge in [-0.05, 0) is 62.8 Å². The third-order valence-corrected chi connectivity index (χ3v) is 9.12. The normalized spacial score (nSPS) is 21.5. The Balaban J connectivity index is 2.28. The quantitative estimate of drug-likeness (QED) is 0.119. The predicted molar refractivity (Wildman–Crippen MR) is 171 cm³/mol. The minimum Gasteiger partial charge on any atom is -0.507 e. The Labute approximate surface area is 264 Å². The first kappa shape index (κ1) is 36.5. The van der Waals surface area contributed by atoms with E-state index < -0.39 is 30.4 Å². The molecule has 0 aromatic heterocycles. The van der Waals surface area contributed by atoms with Gasteiger partial charge >= 0.3 is 5.97 Å². The van der Waals surface area contributed by atoms with Gasteiger partial charge in [0.05, 0.1) is 5.02 Å². The molecule has 4 atom stereocenters. The summed E-state index contributed by atoms with van der Waals surface area (Å²) in [6.45, 7) is 11.1. The topological polar surface area (TPSA) is 168 Å². The largest absolute Gasteiger partial charge is 0.507 e. The smallest absolute Gasteiger partial charge is 0.326 e. The third kappa shape index (κ3) is 9.67. The number of allylic oxidation sites excluding steroid dienone is 4. The highest BCUT2D eigenvalue weighted by Crippen LogP contribution is 2.45. The number of benzene rings is 1. The number of ether oxygens (including phenoxy) is 1. The Hall–Kier alpha value is -3.66. The van der Waals surface area contributed by atoms with Gasteiger partial charge in [0.25, 0.3) is 5.91 Å². The standard InChI is InChI=1S/C33H46ClN3O7/c1-19(14-15-33(6)20(2)11-13-27(39)22(33)4)10-12-24-30(41)25(21(3)29(34)31(24)44-18-28(35)40)17-36-16-8-7-9-26(32(42)43)37-23(5)38/h10,14-15,17,20,22,26,41H,7-9,11-13,16,18H2,1-6H3,(H2,35,40)(H,37,38)(H,42,43)/b15-14+,19-10+,36-17?/t20-,22+,26-,33+/m1/s1. The van der Waals surface area contributed by atoms with E-state index in [1.165, 1.54) is 13.1 Å². The number of amides is 2. The fraction of sp³-hybridized carbons (Fsp3) is 0.545. The van der Waals surface area contributed by atoms with Crippen molar-refractivity contribution in [3.8, 4) is 11.5 Å². The number of aromatic hydroxyl groups is 1. The van der Waals surface area contributed by atoms with Gasteiger partial charge in [0.2, 0.25) is 5.91 Å². The van der Waals surface area contributed by atoms with Gasteiger partial charge in [-0.25, -0.2) is 4.79 Å². The van der Waals surface area contributed by atoms with E-state index in [0.29, 0.717) is 48.4 Å². The number of rotatable bonds is 15. The lowest BCUT2D eigenvalue weighted by molar-refractivity contribution is -0.141. The number of primary amides is 1. The van der Waals surface area contributed by atoms with Crippen LogP contribution in [0.3, 0.4) is 0 Å². The van der Waals surface area contributed by atoms with E-state index in [2.05, 4.69) is 30.2 Å². The van der Waals surface area contributed by atoms with Crippen molar-refractivity contribution >= 4 is 41.4 Å². The van der Waals surface area contributed by atoms with Crippen LogP contribution in [0.25, 0.3) is 0 Å². The molecule has 1 aromatic carbocycles. The molecular weight excluding hydrogens is 586 g/mol. The number of hydrogen-bond donors (Lipinski definition) is 4. The fourth-order valence-corrected chi connectivity index (χ4v) is 5.60. The second-order valence-corrected chi connectivity index (χ2v) is 12.2. The lowest BCUT2D eigenvalue weighted by Gasteiger charge is -2.42. The maximum absolute atomic E-state index is 12.4. The maximum Gasteiger partial charge on any atom is 0.326 e. The minimum atomic E-state index is -1.09. The van der Waals surface area contributed by atoms with Gasteiger partial charge in [0, 0.05) is 43.1 Å². The van der Waals surface area contributed by atoms with Crippen LogP contribution in [0.2, 0.25) is 5.02 Å². The van der Waals surface area contributed by atoms with Gasteiger partial charge in [-0.3, -0.25) is 19.4 Å². The zero-order chi connectivity index (χ0) is 33.2. The van der Waals surface area contributed by atoms with E-state index in [1.54, 1.807) is 6.92 Å². The number of carboxylic acids is 1. The molecule has 1 fully saturated rings. The summed E-state index contributed by atoms with van der Waals surface area (Å²) < 4.78 is 5.64. The van der Waals surface area contributed by atoms with Crippen LogP contribution in [0.5, 0.6) is 11.5 Å². The Morgan fingerprint density at radius 3 is 2.55 bits per heavy atom. The van der Waals surface area contributed by atoms with E-state index in [9.17, 15) is 29.4 Å². The number of halogens is 1. The number of hydrogen-bond acceptors (Lipinski definition) is 7. The van der Waals surface area contributed by atoms with E-state index in [-0.39, 0.29) is 46.5 Å². The average Bonchev–Trinajstić information content (AvgIpc) is 2.95. The molecule has 0 unspecified atom stereocenters. The first-order valence-corrected chi connectivity index (χ1v) is 15.3. The highest BCUT2D eigenvalue weighted by Gasteiger charge is 2.41. The van der Waals surface area contributed by atoms with Crippen LogP contribution in [-0.2, 0) is 25.6 Å². The van der Waals surface area contributed by atoms with Gasteiger partial charge in [0.15, 0.2) is 6.61 Å². The first-order valence-electron chi connectivity index (χ1n) is 14.9. The molecule has 1 saturated carbocycles. The highest BCUT2D eigenvalue weighted by molar-refractivity contribution is 6.33. The third-order valence-electron chi connectivity index (χ3n) is 8.67. The highest BCUT2D eigenvalue weighted by atomic mass is 35.5. The number of aliphatic carboxylic acids is 1. The summed E-state index contributed by atoms with van der Waals surface area (Å²) >= 11 is 6.66. The van der Waals surface area contributed by atoms with Crippen molar-refractivity contribution in [3.63, 3.8) is 0 Å². The van der Waals surface area contributed by atoms with Crippen molar-refractivity contribution < 1.29 is 34.1 Å².